The van der Waals surface area contributed by atoms with Gasteiger partial charge in [-0.2, -0.15) is 0 Å². The Labute approximate surface area is 137 Å². The summed E-state index contributed by atoms with van der Waals surface area (Å²) in [5.41, 5.74) is 6.57. The predicted molar refractivity (Wildman–Crippen MR) is 88.2 cm³/mol. The molecule has 1 heterocycles. The first-order chi connectivity index (χ1) is 10.1. The molecule has 0 saturated heterocycles. The summed E-state index contributed by atoms with van der Waals surface area (Å²) >= 11 is 13.4. The smallest absolute Gasteiger partial charge is 0.270 e. The second kappa shape index (κ2) is 7.75. The van der Waals surface area contributed by atoms with Crippen molar-refractivity contribution in [1.29, 1.82) is 0 Å². The van der Waals surface area contributed by atoms with Crippen molar-refractivity contribution in [3.05, 3.63) is 39.3 Å². The maximum absolute atomic E-state index is 11.9. The zero-order valence-electron chi connectivity index (χ0n) is 11.2. The number of unbranched alkanes of at least 4 members (excludes halogenated alkanes) is 1. The van der Waals surface area contributed by atoms with Gasteiger partial charge in [-0.05, 0) is 37.6 Å². The molecule has 0 unspecified atom stereocenters. The molecule has 0 bridgehead atoms. The number of nitrogens with zero attached hydrogens (tertiary/aromatic N) is 1. The van der Waals surface area contributed by atoms with E-state index in [4.69, 9.17) is 28.9 Å². The highest BCUT2D eigenvalue weighted by molar-refractivity contribution is 7.13. The lowest BCUT2D eigenvalue weighted by Gasteiger charge is -2.02. The van der Waals surface area contributed by atoms with E-state index in [0.29, 0.717) is 33.8 Å². The molecule has 21 heavy (non-hydrogen) atoms. The molecule has 0 atom stereocenters. The van der Waals surface area contributed by atoms with Crippen LogP contribution in [0.2, 0.25) is 10.0 Å². The zero-order valence-corrected chi connectivity index (χ0v) is 13.6. The number of carbonyl (C=O) groups is 1. The molecule has 0 fully saturated rings. The zero-order chi connectivity index (χ0) is 15.2. The first-order valence-corrected chi connectivity index (χ1v) is 8.14. The number of benzene rings is 1. The van der Waals surface area contributed by atoms with Crippen molar-refractivity contribution in [2.45, 2.75) is 12.8 Å². The van der Waals surface area contributed by atoms with E-state index in [-0.39, 0.29) is 5.91 Å². The van der Waals surface area contributed by atoms with Crippen LogP contribution in [0, 0.1) is 0 Å². The molecular weight excluding hydrogens is 329 g/mol. The van der Waals surface area contributed by atoms with Gasteiger partial charge in [0.05, 0.1) is 5.02 Å². The summed E-state index contributed by atoms with van der Waals surface area (Å²) in [5.74, 6) is -0.181. The Hall–Kier alpha value is -1.14. The maximum Gasteiger partial charge on any atom is 0.270 e. The molecule has 0 spiro atoms. The lowest BCUT2D eigenvalue weighted by Crippen LogP contribution is -2.25. The van der Waals surface area contributed by atoms with E-state index in [0.717, 1.165) is 18.4 Å². The minimum Gasteiger partial charge on any atom is -0.351 e. The summed E-state index contributed by atoms with van der Waals surface area (Å²) in [6.07, 6.45) is 1.76. The second-order valence-corrected chi connectivity index (χ2v) is 6.12. The van der Waals surface area contributed by atoms with Crippen molar-refractivity contribution in [3.8, 4) is 10.6 Å². The summed E-state index contributed by atoms with van der Waals surface area (Å²) in [7, 11) is 0. The third kappa shape index (κ3) is 4.41. The third-order valence-corrected chi connectivity index (χ3v) is 4.24. The summed E-state index contributed by atoms with van der Waals surface area (Å²) in [6, 6.07) is 5.20. The molecule has 1 amide bonds. The highest BCUT2D eigenvalue weighted by atomic mass is 35.5. The molecule has 0 saturated carbocycles. The molecule has 1 aromatic heterocycles. The summed E-state index contributed by atoms with van der Waals surface area (Å²) in [4.78, 5) is 16.3. The van der Waals surface area contributed by atoms with Crippen LogP contribution in [0.15, 0.2) is 23.6 Å². The van der Waals surface area contributed by atoms with E-state index in [1.54, 1.807) is 23.6 Å². The van der Waals surface area contributed by atoms with Gasteiger partial charge in [0, 0.05) is 22.5 Å². The van der Waals surface area contributed by atoms with Crippen LogP contribution in [-0.2, 0) is 0 Å². The van der Waals surface area contributed by atoms with Crippen molar-refractivity contribution in [1.82, 2.24) is 10.3 Å². The molecule has 112 valence electrons. The molecule has 0 aliphatic rings. The number of nitrogens with one attached hydrogen (secondary N) is 1. The lowest BCUT2D eigenvalue weighted by atomic mass is 10.2. The molecule has 0 aliphatic heterocycles. The number of carbonyl (C=O) groups excluding carboxylic acids is 1. The van der Waals surface area contributed by atoms with Gasteiger partial charge in [-0.25, -0.2) is 4.98 Å². The fourth-order valence-electron chi connectivity index (χ4n) is 1.73. The second-order valence-electron chi connectivity index (χ2n) is 4.41. The largest absolute Gasteiger partial charge is 0.351 e. The van der Waals surface area contributed by atoms with Gasteiger partial charge in [0.25, 0.3) is 5.91 Å². The Balaban J connectivity index is 2.05. The van der Waals surface area contributed by atoms with Crippen molar-refractivity contribution in [2.75, 3.05) is 13.1 Å². The van der Waals surface area contributed by atoms with Gasteiger partial charge in [-0.15, -0.1) is 11.3 Å². The molecule has 2 aromatic rings. The van der Waals surface area contributed by atoms with Crippen LogP contribution < -0.4 is 11.1 Å². The first kappa shape index (κ1) is 16.2. The number of aromatic nitrogens is 1. The topological polar surface area (TPSA) is 68.0 Å². The van der Waals surface area contributed by atoms with E-state index in [9.17, 15) is 4.79 Å². The molecule has 3 N–H and O–H groups in total. The highest BCUT2D eigenvalue weighted by Gasteiger charge is 2.13. The van der Waals surface area contributed by atoms with E-state index < -0.39 is 0 Å². The Morgan fingerprint density at radius 3 is 2.86 bits per heavy atom. The Morgan fingerprint density at radius 1 is 1.33 bits per heavy atom. The fourth-order valence-corrected chi connectivity index (χ4v) is 3.12. The van der Waals surface area contributed by atoms with Gasteiger partial charge in [0.15, 0.2) is 0 Å². The minimum atomic E-state index is -0.181. The summed E-state index contributed by atoms with van der Waals surface area (Å²) in [6.45, 7) is 1.23. The Morgan fingerprint density at radius 2 is 2.14 bits per heavy atom. The summed E-state index contributed by atoms with van der Waals surface area (Å²) in [5, 5.41) is 6.32. The molecule has 4 nitrogen and oxygen atoms in total. The lowest BCUT2D eigenvalue weighted by molar-refractivity contribution is 0.0949. The first-order valence-electron chi connectivity index (χ1n) is 6.51. The van der Waals surface area contributed by atoms with Crippen molar-refractivity contribution >= 4 is 40.4 Å². The fraction of sp³-hybridized carbons (Fsp3) is 0.286. The van der Waals surface area contributed by atoms with Crippen LogP contribution in [0.1, 0.15) is 23.3 Å². The van der Waals surface area contributed by atoms with Crippen LogP contribution in [0.25, 0.3) is 10.6 Å². The molecule has 7 heteroatoms. The van der Waals surface area contributed by atoms with Crippen molar-refractivity contribution < 1.29 is 4.79 Å². The molecule has 0 radical (unpaired) electrons. The van der Waals surface area contributed by atoms with Crippen molar-refractivity contribution in [3.63, 3.8) is 0 Å². The average molecular weight is 344 g/mol. The van der Waals surface area contributed by atoms with Crippen LogP contribution >= 0.6 is 34.5 Å². The Kier molecular flexibility index (Phi) is 5.99. The number of nitrogens with two attached hydrogens (primary N) is 1. The average Bonchev–Trinajstić information content (AvgIpc) is 2.93. The Bertz CT molecular complexity index is 630. The third-order valence-electron chi connectivity index (χ3n) is 2.81. The maximum atomic E-state index is 11.9. The van der Waals surface area contributed by atoms with Crippen LogP contribution in [-0.4, -0.2) is 24.0 Å². The van der Waals surface area contributed by atoms with Gasteiger partial charge in [0.1, 0.15) is 10.7 Å². The van der Waals surface area contributed by atoms with E-state index >= 15 is 0 Å². The van der Waals surface area contributed by atoms with E-state index in [1.807, 2.05) is 0 Å². The number of hydrogen-bond acceptors (Lipinski definition) is 4. The summed E-state index contributed by atoms with van der Waals surface area (Å²) < 4.78 is 0. The molecule has 1 aromatic carbocycles. The number of amides is 1. The van der Waals surface area contributed by atoms with Gasteiger partial charge in [-0.3, -0.25) is 4.79 Å². The van der Waals surface area contributed by atoms with E-state index in [2.05, 4.69) is 10.3 Å². The monoisotopic (exact) mass is 343 g/mol. The number of rotatable bonds is 6. The number of hydrogen-bond donors (Lipinski definition) is 2. The predicted octanol–water partition coefficient (Wildman–Crippen LogP) is 3.59. The SMILES string of the molecule is NCCCCNC(=O)c1csc(-c2ccc(Cl)cc2Cl)n1. The normalized spacial score (nSPS) is 10.6. The minimum absolute atomic E-state index is 0.181. The van der Waals surface area contributed by atoms with Crippen LogP contribution in [0.3, 0.4) is 0 Å². The standard InChI is InChI=1S/C14H15Cl2N3OS/c15-9-3-4-10(11(16)7-9)14-19-12(8-21-14)13(20)18-6-2-1-5-17/h3-4,7-8H,1-2,5-6,17H2,(H,18,20). The van der Waals surface area contributed by atoms with Crippen molar-refractivity contribution in [2.24, 2.45) is 5.73 Å². The highest BCUT2D eigenvalue weighted by Crippen LogP contribution is 2.32. The molecule has 0 aliphatic carbocycles. The van der Waals surface area contributed by atoms with Gasteiger partial charge in [-0.1, -0.05) is 23.2 Å². The van der Waals surface area contributed by atoms with Crippen LogP contribution in [0.5, 0.6) is 0 Å². The van der Waals surface area contributed by atoms with E-state index in [1.165, 1.54) is 11.3 Å². The van der Waals surface area contributed by atoms with Gasteiger partial charge < -0.3 is 11.1 Å². The molecular formula is C14H15Cl2N3OS. The number of thiazole rings is 1. The van der Waals surface area contributed by atoms with Crippen LogP contribution in [0.4, 0.5) is 0 Å². The van der Waals surface area contributed by atoms with Gasteiger partial charge >= 0.3 is 0 Å². The number of halogens is 2. The van der Waals surface area contributed by atoms with Gasteiger partial charge in [0.2, 0.25) is 0 Å². The molecule has 2 rings (SSSR count). The quantitative estimate of drug-likeness (QED) is 0.787.